The lowest BCUT2D eigenvalue weighted by molar-refractivity contribution is 0.349. The molecular formula is C15H35NSi. The summed E-state index contributed by atoms with van der Waals surface area (Å²) < 4.78 is 0. The first-order chi connectivity index (χ1) is 7.60. The minimum absolute atomic E-state index is 0.444. The lowest BCUT2D eigenvalue weighted by Crippen LogP contribution is -2.22. The molecule has 1 unspecified atom stereocenters. The average molecular weight is 258 g/mol. The first-order valence-corrected chi connectivity index (χ1v) is 11.1. The quantitative estimate of drug-likeness (QED) is 0.478. The molecule has 0 heterocycles. The van der Waals surface area contributed by atoms with Gasteiger partial charge in [-0.15, -0.1) is 0 Å². The lowest BCUT2D eigenvalue weighted by Gasteiger charge is -2.20. The minimum Gasteiger partial charge on any atom is -0.328 e. The largest absolute Gasteiger partial charge is 0.328 e. The van der Waals surface area contributed by atoms with Crippen LogP contribution in [0.5, 0.6) is 0 Å². The predicted molar refractivity (Wildman–Crippen MR) is 83.3 cm³/mol. The summed E-state index contributed by atoms with van der Waals surface area (Å²) in [7, 11) is -0.820. The SMILES string of the molecule is CC(C)(C)CCCC(N)CCCC[Si](C)(C)C. The topological polar surface area (TPSA) is 26.0 Å². The molecule has 0 aromatic rings. The Bertz CT molecular complexity index is 188. The van der Waals surface area contributed by atoms with Crippen LogP contribution in [0.25, 0.3) is 0 Å². The van der Waals surface area contributed by atoms with Gasteiger partial charge in [0.1, 0.15) is 0 Å². The molecule has 2 N–H and O–H groups in total. The molecule has 0 aromatic carbocycles. The number of hydrogen-bond acceptors (Lipinski definition) is 1. The number of nitrogens with two attached hydrogens (primary N) is 1. The Morgan fingerprint density at radius 1 is 0.941 bits per heavy atom. The second-order valence-electron chi connectivity index (χ2n) is 8.02. The van der Waals surface area contributed by atoms with Gasteiger partial charge in [-0.3, -0.25) is 0 Å². The smallest absolute Gasteiger partial charge is 0.0442 e. The van der Waals surface area contributed by atoms with Crippen LogP contribution >= 0.6 is 0 Å². The molecule has 0 aliphatic heterocycles. The maximum absolute atomic E-state index is 6.16. The van der Waals surface area contributed by atoms with Crippen LogP contribution in [0.4, 0.5) is 0 Å². The second-order valence-corrected chi connectivity index (χ2v) is 13.6. The van der Waals surface area contributed by atoms with Crippen LogP contribution in [0.1, 0.15) is 59.3 Å². The first kappa shape index (κ1) is 17.2. The fraction of sp³-hybridized carbons (Fsp3) is 1.00. The number of hydrogen-bond donors (Lipinski definition) is 1. The maximum atomic E-state index is 6.16. The molecule has 104 valence electrons. The highest BCUT2D eigenvalue weighted by Crippen LogP contribution is 2.22. The normalized spacial score (nSPS) is 15.0. The molecule has 0 fully saturated rings. The van der Waals surface area contributed by atoms with Crippen molar-refractivity contribution < 1.29 is 0 Å². The van der Waals surface area contributed by atoms with Gasteiger partial charge in [-0.2, -0.15) is 0 Å². The molecule has 2 heteroatoms. The van der Waals surface area contributed by atoms with E-state index >= 15 is 0 Å². The molecule has 0 aliphatic carbocycles. The van der Waals surface area contributed by atoms with Gasteiger partial charge in [-0.1, -0.05) is 65.7 Å². The molecule has 0 radical (unpaired) electrons. The van der Waals surface area contributed by atoms with Gasteiger partial charge in [-0.05, 0) is 24.7 Å². The molecule has 0 aliphatic rings. The lowest BCUT2D eigenvalue weighted by atomic mass is 9.88. The fourth-order valence-corrected chi connectivity index (χ4v) is 3.41. The van der Waals surface area contributed by atoms with Crippen molar-refractivity contribution in [3.8, 4) is 0 Å². The van der Waals surface area contributed by atoms with Crippen LogP contribution in [0.3, 0.4) is 0 Å². The van der Waals surface area contributed by atoms with Crippen molar-refractivity contribution in [3.05, 3.63) is 0 Å². The molecule has 0 bridgehead atoms. The van der Waals surface area contributed by atoms with E-state index in [0.29, 0.717) is 11.5 Å². The van der Waals surface area contributed by atoms with Crippen LogP contribution in [0.15, 0.2) is 0 Å². The summed E-state index contributed by atoms with van der Waals surface area (Å²) in [6.07, 6.45) is 7.76. The van der Waals surface area contributed by atoms with Crippen molar-refractivity contribution in [1.82, 2.24) is 0 Å². The molecule has 0 saturated heterocycles. The van der Waals surface area contributed by atoms with Crippen molar-refractivity contribution in [2.45, 2.75) is 91.0 Å². The molecular weight excluding hydrogens is 222 g/mol. The van der Waals surface area contributed by atoms with E-state index in [1.807, 2.05) is 0 Å². The molecule has 1 nitrogen and oxygen atoms in total. The highest BCUT2D eigenvalue weighted by atomic mass is 28.3. The monoisotopic (exact) mass is 257 g/mol. The summed E-state index contributed by atoms with van der Waals surface area (Å²) in [6, 6.07) is 1.90. The zero-order valence-corrected chi connectivity index (χ0v) is 14.1. The average Bonchev–Trinajstić information content (AvgIpc) is 2.09. The number of unbranched alkanes of at least 4 members (excludes halogenated alkanes) is 1. The molecule has 17 heavy (non-hydrogen) atoms. The summed E-state index contributed by atoms with van der Waals surface area (Å²) in [6.45, 7) is 14.3. The molecule has 1 atom stereocenters. The van der Waals surface area contributed by atoms with E-state index < -0.39 is 8.07 Å². The van der Waals surface area contributed by atoms with Crippen LogP contribution in [0, 0.1) is 5.41 Å². The Morgan fingerprint density at radius 2 is 1.47 bits per heavy atom. The predicted octanol–water partition coefficient (Wildman–Crippen LogP) is 5.04. The van der Waals surface area contributed by atoms with Crippen molar-refractivity contribution in [2.24, 2.45) is 11.1 Å². The van der Waals surface area contributed by atoms with Gasteiger partial charge in [0, 0.05) is 14.1 Å². The third-order valence-electron chi connectivity index (χ3n) is 3.25. The highest BCUT2D eigenvalue weighted by molar-refractivity contribution is 6.76. The van der Waals surface area contributed by atoms with Gasteiger partial charge >= 0.3 is 0 Å². The number of rotatable bonds is 8. The third-order valence-corrected chi connectivity index (χ3v) is 5.11. The summed E-state index contributed by atoms with van der Waals surface area (Å²) >= 11 is 0. The van der Waals surface area contributed by atoms with Crippen LogP contribution in [0.2, 0.25) is 25.7 Å². The van der Waals surface area contributed by atoms with E-state index in [0.717, 1.165) is 0 Å². The van der Waals surface area contributed by atoms with Crippen molar-refractivity contribution in [3.63, 3.8) is 0 Å². The molecule has 0 spiro atoms. The van der Waals surface area contributed by atoms with Crippen molar-refractivity contribution in [1.29, 1.82) is 0 Å². The van der Waals surface area contributed by atoms with Gasteiger partial charge in [-0.25, -0.2) is 0 Å². The van der Waals surface area contributed by atoms with E-state index in [1.54, 1.807) is 0 Å². The molecule has 0 amide bonds. The summed E-state index contributed by atoms with van der Waals surface area (Å²) in [5.74, 6) is 0. The van der Waals surface area contributed by atoms with Crippen molar-refractivity contribution in [2.75, 3.05) is 0 Å². The van der Waals surface area contributed by atoms with Gasteiger partial charge < -0.3 is 5.73 Å². The first-order valence-electron chi connectivity index (χ1n) is 7.36. The Kier molecular flexibility index (Phi) is 7.66. The maximum Gasteiger partial charge on any atom is 0.0442 e. The Balaban J connectivity index is 3.44. The van der Waals surface area contributed by atoms with Gasteiger partial charge in [0.2, 0.25) is 0 Å². The molecule has 0 saturated carbocycles. The second kappa shape index (κ2) is 7.58. The van der Waals surface area contributed by atoms with E-state index in [2.05, 4.69) is 40.4 Å². The molecule has 0 aromatic heterocycles. The van der Waals surface area contributed by atoms with Crippen LogP contribution in [-0.4, -0.2) is 14.1 Å². The van der Waals surface area contributed by atoms with E-state index in [-0.39, 0.29) is 0 Å². The third kappa shape index (κ3) is 14.1. The van der Waals surface area contributed by atoms with Gasteiger partial charge in [0.05, 0.1) is 0 Å². The Labute approximate surface area is 111 Å². The summed E-state index contributed by atoms with van der Waals surface area (Å²) in [5, 5.41) is 0. The van der Waals surface area contributed by atoms with E-state index in [9.17, 15) is 0 Å². The van der Waals surface area contributed by atoms with Crippen LogP contribution < -0.4 is 5.73 Å². The van der Waals surface area contributed by atoms with E-state index in [1.165, 1.54) is 44.6 Å². The van der Waals surface area contributed by atoms with Gasteiger partial charge in [0.25, 0.3) is 0 Å². The fourth-order valence-electron chi connectivity index (χ4n) is 2.10. The minimum atomic E-state index is -0.820. The molecule has 0 rings (SSSR count). The zero-order valence-electron chi connectivity index (χ0n) is 13.1. The summed E-state index contributed by atoms with van der Waals surface area (Å²) in [4.78, 5) is 0. The standard InChI is InChI=1S/C15H35NSi/c1-15(2,3)12-9-11-14(16)10-7-8-13-17(4,5)6/h14H,7-13,16H2,1-6H3. The Morgan fingerprint density at radius 3 is 1.94 bits per heavy atom. The Hall–Kier alpha value is 0.177. The van der Waals surface area contributed by atoms with Crippen molar-refractivity contribution >= 4 is 8.07 Å². The van der Waals surface area contributed by atoms with Gasteiger partial charge in [0.15, 0.2) is 0 Å². The zero-order chi connectivity index (χ0) is 13.5. The summed E-state index contributed by atoms with van der Waals surface area (Å²) in [5.41, 5.74) is 6.63. The highest BCUT2D eigenvalue weighted by Gasteiger charge is 2.13. The van der Waals surface area contributed by atoms with Crippen LogP contribution in [-0.2, 0) is 0 Å². The van der Waals surface area contributed by atoms with E-state index in [4.69, 9.17) is 5.73 Å².